The molecule has 0 fully saturated rings. The Kier molecular flexibility index (Phi) is 6.67. The summed E-state index contributed by atoms with van der Waals surface area (Å²) >= 11 is 0. The number of fused-ring (bicyclic) bond motifs is 3. The maximum absolute atomic E-state index is 5.49. The van der Waals surface area contributed by atoms with Gasteiger partial charge in [0.25, 0.3) is 0 Å². The number of hydrogen-bond donors (Lipinski definition) is 0. The van der Waals surface area contributed by atoms with Crippen molar-refractivity contribution in [3.63, 3.8) is 0 Å². The summed E-state index contributed by atoms with van der Waals surface area (Å²) in [5, 5.41) is 0. The average Bonchev–Trinajstić information content (AvgIpc) is 3.31. The van der Waals surface area contributed by atoms with Crippen LogP contribution in [0, 0.1) is 0 Å². The molecular weight excluding hydrogens is 480 g/mol. The summed E-state index contributed by atoms with van der Waals surface area (Å²) in [6, 6.07) is 41.9. The summed E-state index contributed by atoms with van der Waals surface area (Å²) in [4.78, 5) is 2.26. The van der Waals surface area contributed by atoms with Crippen molar-refractivity contribution in [1.29, 1.82) is 0 Å². The Morgan fingerprint density at radius 3 is 1.54 bits per heavy atom. The van der Waals surface area contributed by atoms with Gasteiger partial charge in [-0.15, -0.1) is 0 Å². The molecule has 39 heavy (non-hydrogen) atoms. The van der Waals surface area contributed by atoms with Crippen molar-refractivity contribution in [3.05, 3.63) is 133 Å². The van der Waals surface area contributed by atoms with Crippen molar-refractivity contribution in [2.24, 2.45) is 0 Å². The van der Waals surface area contributed by atoms with E-state index in [1.807, 2.05) is 24.3 Å². The average molecular weight is 510 g/mol. The number of benzene rings is 5. The van der Waals surface area contributed by atoms with Crippen LogP contribution >= 0.6 is 0 Å². The number of nitrogens with zero attached hydrogens (tertiary/aromatic N) is 2. The second-order valence-electron chi connectivity index (χ2n) is 9.24. The van der Waals surface area contributed by atoms with Crippen molar-refractivity contribution in [3.8, 4) is 22.6 Å². The third-order valence-electron chi connectivity index (χ3n) is 6.92. The fraction of sp³-hybridized carbons (Fsp3) is 0.0571. The van der Waals surface area contributed by atoms with E-state index in [1.165, 1.54) is 0 Å². The van der Waals surface area contributed by atoms with E-state index >= 15 is 0 Å². The molecule has 0 unspecified atom stereocenters. The van der Waals surface area contributed by atoms with Gasteiger partial charge in [0.15, 0.2) is 6.21 Å². The normalized spacial score (nSPS) is 11.7. The molecule has 0 spiro atoms. The highest BCUT2D eigenvalue weighted by molar-refractivity contribution is 5.99. The number of allylic oxidation sites excluding steroid dienone is 1. The lowest BCUT2D eigenvalue weighted by molar-refractivity contribution is 0.414. The first-order valence-corrected chi connectivity index (χ1v) is 12.9. The molecule has 0 bridgehead atoms. The molecule has 0 aromatic heterocycles. The number of anilines is 3. The molecule has 1 heterocycles. The standard InChI is InChI=1S/C35H29N2O2/c1-38-30-19-21-34-32(24-30)33-25-31(39-2)20-22-35(33)36(34)23-9-10-26-15-17-29(18-16-26)37(27-11-5-3-6-12-27)28-13-7-4-8-14-28/h3-25H,1-2H3/q+1. The first-order chi connectivity index (χ1) is 19.2. The van der Waals surface area contributed by atoms with Gasteiger partial charge in [-0.25, -0.2) is 0 Å². The van der Waals surface area contributed by atoms with Gasteiger partial charge in [-0.3, -0.25) is 0 Å². The molecule has 0 saturated carbocycles. The van der Waals surface area contributed by atoms with E-state index in [1.54, 1.807) is 14.2 Å². The first kappa shape index (κ1) is 24.3. The van der Waals surface area contributed by atoms with Crippen molar-refractivity contribution >= 4 is 40.7 Å². The van der Waals surface area contributed by atoms with Gasteiger partial charge < -0.3 is 14.4 Å². The third kappa shape index (κ3) is 4.80. The Labute approximate surface area is 229 Å². The van der Waals surface area contributed by atoms with Gasteiger partial charge in [-0.05, 0) is 72.3 Å². The SMILES string of the molecule is COc1ccc2c(c1)-c1cc(OC)ccc1[N+]2=C/C=C/c1ccc(N(c2ccccc2)c2ccccc2)cc1. The van der Waals surface area contributed by atoms with E-state index in [9.17, 15) is 0 Å². The molecule has 0 radical (unpaired) electrons. The van der Waals surface area contributed by atoms with Crippen molar-refractivity contribution in [2.75, 3.05) is 19.1 Å². The van der Waals surface area contributed by atoms with Crippen molar-refractivity contribution in [1.82, 2.24) is 4.58 Å². The fourth-order valence-electron chi connectivity index (χ4n) is 5.00. The van der Waals surface area contributed by atoms with Crippen LogP contribution in [0.2, 0.25) is 0 Å². The number of para-hydroxylation sites is 2. The lowest BCUT2D eigenvalue weighted by Gasteiger charge is -2.25. The quantitative estimate of drug-likeness (QED) is 0.201. The van der Waals surface area contributed by atoms with Gasteiger partial charge >= 0.3 is 0 Å². The van der Waals surface area contributed by atoms with Crippen LogP contribution in [-0.2, 0) is 0 Å². The van der Waals surface area contributed by atoms with Crippen LogP contribution in [0.5, 0.6) is 11.5 Å². The van der Waals surface area contributed by atoms with Crippen LogP contribution in [0.1, 0.15) is 5.56 Å². The number of methoxy groups -OCH3 is 2. The summed E-state index contributed by atoms with van der Waals surface area (Å²) < 4.78 is 13.2. The van der Waals surface area contributed by atoms with Crippen LogP contribution in [0.4, 0.5) is 28.4 Å². The number of hydrogen-bond acceptors (Lipinski definition) is 3. The maximum Gasteiger partial charge on any atom is 0.219 e. The molecule has 4 nitrogen and oxygen atoms in total. The fourth-order valence-corrected chi connectivity index (χ4v) is 5.00. The summed E-state index contributed by atoms with van der Waals surface area (Å²) in [7, 11) is 3.39. The van der Waals surface area contributed by atoms with Crippen LogP contribution in [0.15, 0.2) is 127 Å². The molecule has 4 heteroatoms. The Balaban J connectivity index is 1.31. The summed E-state index contributed by atoms with van der Waals surface area (Å²) in [5.74, 6) is 1.67. The van der Waals surface area contributed by atoms with Gasteiger partial charge in [0.2, 0.25) is 11.4 Å². The maximum atomic E-state index is 5.49. The largest absolute Gasteiger partial charge is 0.497 e. The zero-order valence-electron chi connectivity index (χ0n) is 22.0. The molecule has 5 aromatic rings. The molecule has 190 valence electrons. The number of rotatable bonds is 7. The Bertz CT molecular complexity index is 1560. The van der Waals surface area contributed by atoms with Gasteiger partial charge in [0, 0.05) is 35.3 Å². The zero-order valence-corrected chi connectivity index (χ0v) is 22.0. The summed E-state index contributed by atoms with van der Waals surface area (Å²) in [5.41, 5.74) is 8.96. The second-order valence-corrected chi connectivity index (χ2v) is 9.24. The van der Waals surface area contributed by atoms with E-state index in [0.717, 1.165) is 56.6 Å². The molecule has 0 saturated heterocycles. The lowest BCUT2D eigenvalue weighted by Crippen LogP contribution is -2.09. The van der Waals surface area contributed by atoms with E-state index in [4.69, 9.17) is 9.47 Å². The topological polar surface area (TPSA) is 24.7 Å². The Hall–Kier alpha value is -5.09. The van der Waals surface area contributed by atoms with Gasteiger partial charge in [0.1, 0.15) is 11.5 Å². The zero-order chi connectivity index (χ0) is 26.6. The molecule has 0 aliphatic carbocycles. The van der Waals surface area contributed by atoms with E-state index < -0.39 is 0 Å². The second kappa shape index (κ2) is 10.7. The van der Waals surface area contributed by atoms with Crippen LogP contribution in [0.25, 0.3) is 17.2 Å². The van der Waals surface area contributed by atoms with Gasteiger partial charge in [0.05, 0.1) is 25.3 Å². The molecule has 1 aliphatic heterocycles. The highest BCUT2D eigenvalue weighted by Gasteiger charge is 2.32. The van der Waals surface area contributed by atoms with Crippen molar-refractivity contribution < 1.29 is 9.47 Å². The summed E-state index contributed by atoms with van der Waals surface area (Å²) in [6.07, 6.45) is 6.33. The van der Waals surface area contributed by atoms with E-state index in [0.29, 0.717) is 0 Å². The third-order valence-corrected chi connectivity index (χ3v) is 6.92. The van der Waals surface area contributed by atoms with Crippen LogP contribution < -0.4 is 18.9 Å². The first-order valence-electron chi connectivity index (χ1n) is 12.9. The predicted molar refractivity (Wildman–Crippen MR) is 163 cm³/mol. The van der Waals surface area contributed by atoms with E-state index in [2.05, 4.69) is 125 Å². The molecule has 0 N–H and O–H groups in total. The minimum Gasteiger partial charge on any atom is -0.497 e. The molecule has 0 amide bonds. The molecule has 0 atom stereocenters. The molecular formula is C35H29N2O2+. The Morgan fingerprint density at radius 1 is 0.564 bits per heavy atom. The van der Waals surface area contributed by atoms with Crippen molar-refractivity contribution in [2.45, 2.75) is 0 Å². The molecule has 5 aromatic carbocycles. The molecule has 6 rings (SSSR count). The summed E-state index contributed by atoms with van der Waals surface area (Å²) in [6.45, 7) is 0. The number of ether oxygens (including phenoxy) is 2. The smallest absolute Gasteiger partial charge is 0.219 e. The lowest BCUT2D eigenvalue weighted by atomic mass is 10.1. The van der Waals surface area contributed by atoms with Crippen LogP contribution in [-0.4, -0.2) is 20.4 Å². The van der Waals surface area contributed by atoms with E-state index in [-0.39, 0.29) is 0 Å². The monoisotopic (exact) mass is 509 g/mol. The minimum atomic E-state index is 0.833. The Morgan fingerprint density at radius 2 is 1.05 bits per heavy atom. The highest BCUT2D eigenvalue weighted by atomic mass is 16.5. The molecule has 1 aliphatic rings. The highest BCUT2D eigenvalue weighted by Crippen LogP contribution is 2.47. The van der Waals surface area contributed by atoms with Crippen LogP contribution in [0.3, 0.4) is 0 Å². The predicted octanol–water partition coefficient (Wildman–Crippen LogP) is 8.77. The van der Waals surface area contributed by atoms with Gasteiger partial charge in [-0.2, -0.15) is 4.58 Å². The van der Waals surface area contributed by atoms with Gasteiger partial charge in [-0.1, -0.05) is 48.5 Å². The minimum absolute atomic E-state index is 0.833.